The van der Waals surface area contributed by atoms with E-state index >= 15 is 0 Å². The molecule has 1 heterocycles. The molecule has 106 valence electrons. The number of aldehydes is 1. The van der Waals surface area contributed by atoms with Gasteiger partial charge in [-0.15, -0.1) is 5.10 Å². The lowest BCUT2D eigenvalue weighted by Gasteiger charge is -2.13. The minimum absolute atomic E-state index is 0.309. The summed E-state index contributed by atoms with van der Waals surface area (Å²) in [4.78, 5) is 11.0. The van der Waals surface area contributed by atoms with E-state index in [4.69, 9.17) is 21.1 Å². The largest absolute Gasteiger partial charge is 0.495 e. The van der Waals surface area contributed by atoms with Crippen molar-refractivity contribution in [3.63, 3.8) is 0 Å². The summed E-state index contributed by atoms with van der Waals surface area (Å²) in [7, 11) is 3.06. The van der Waals surface area contributed by atoms with Gasteiger partial charge in [-0.2, -0.15) is 0 Å². The van der Waals surface area contributed by atoms with Gasteiger partial charge in [-0.3, -0.25) is 4.79 Å². The van der Waals surface area contributed by atoms with E-state index in [1.54, 1.807) is 16.8 Å². The second-order valence-electron chi connectivity index (χ2n) is 3.96. The fraction of sp³-hybridized carbons (Fsp3) is 0.308. The molecule has 0 saturated heterocycles. The Hall–Kier alpha value is -2.08. The average molecular weight is 296 g/mol. The van der Waals surface area contributed by atoms with E-state index in [0.717, 1.165) is 0 Å². The lowest BCUT2D eigenvalue weighted by molar-refractivity contribution is 0.111. The van der Waals surface area contributed by atoms with Gasteiger partial charge in [0.2, 0.25) is 0 Å². The van der Waals surface area contributed by atoms with Crippen LogP contribution in [0.25, 0.3) is 5.69 Å². The molecule has 2 aromatic rings. The highest BCUT2D eigenvalue weighted by Crippen LogP contribution is 2.35. The second-order valence-corrected chi connectivity index (χ2v) is 4.37. The van der Waals surface area contributed by atoms with Gasteiger partial charge in [-0.1, -0.05) is 23.7 Å². The number of aromatic nitrogens is 3. The zero-order valence-corrected chi connectivity index (χ0v) is 12.1. The highest BCUT2D eigenvalue weighted by molar-refractivity contribution is 6.32. The van der Waals surface area contributed by atoms with Crippen LogP contribution >= 0.6 is 11.6 Å². The number of carbonyl (C=O) groups excluding carboxylic acids is 1. The smallest absolute Gasteiger partial charge is 0.172 e. The second kappa shape index (κ2) is 5.92. The van der Waals surface area contributed by atoms with Crippen molar-refractivity contribution in [1.29, 1.82) is 0 Å². The maximum atomic E-state index is 11.0. The molecule has 2 rings (SSSR count). The molecule has 0 N–H and O–H groups in total. The Bertz CT molecular complexity index is 640. The molecule has 1 aromatic heterocycles. The van der Waals surface area contributed by atoms with Gasteiger partial charge in [0.25, 0.3) is 0 Å². The molecular weight excluding hydrogens is 282 g/mol. The zero-order valence-electron chi connectivity index (χ0n) is 11.4. The first kappa shape index (κ1) is 14.3. The van der Waals surface area contributed by atoms with Crippen LogP contribution in [0.1, 0.15) is 23.1 Å². The maximum Gasteiger partial charge on any atom is 0.172 e. The Morgan fingerprint density at radius 3 is 2.55 bits per heavy atom. The van der Waals surface area contributed by atoms with Gasteiger partial charge in [-0.05, 0) is 6.42 Å². The van der Waals surface area contributed by atoms with Crippen molar-refractivity contribution in [2.75, 3.05) is 14.2 Å². The van der Waals surface area contributed by atoms with Crippen LogP contribution in [0, 0.1) is 0 Å². The summed E-state index contributed by atoms with van der Waals surface area (Å²) >= 11 is 6.07. The molecule has 1 aromatic carbocycles. The van der Waals surface area contributed by atoms with Crippen LogP contribution in [0.2, 0.25) is 5.02 Å². The minimum Gasteiger partial charge on any atom is -0.495 e. The van der Waals surface area contributed by atoms with Crippen LogP contribution in [-0.4, -0.2) is 35.5 Å². The summed E-state index contributed by atoms with van der Waals surface area (Å²) in [5.74, 6) is 1.01. The van der Waals surface area contributed by atoms with Crippen molar-refractivity contribution >= 4 is 17.9 Å². The summed E-state index contributed by atoms with van der Waals surface area (Å²) in [5, 5.41) is 8.28. The molecule has 0 aliphatic rings. The lowest BCUT2D eigenvalue weighted by Crippen LogP contribution is -2.05. The van der Waals surface area contributed by atoms with E-state index in [1.807, 2.05) is 6.92 Å². The topological polar surface area (TPSA) is 66.2 Å². The van der Waals surface area contributed by atoms with Crippen molar-refractivity contribution < 1.29 is 14.3 Å². The van der Waals surface area contributed by atoms with Gasteiger partial charge < -0.3 is 9.47 Å². The average Bonchev–Trinajstić information content (AvgIpc) is 2.89. The third kappa shape index (κ3) is 2.34. The molecular formula is C13H14ClN3O3. The van der Waals surface area contributed by atoms with Gasteiger partial charge in [-0.25, -0.2) is 4.68 Å². The van der Waals surface area contributed by atoms with Crippen molar-refractivity contribution in [3.05, 3.63) is 28.5 Å². The highest BCUT2D eigenvalue weighted by Gasteiger charge is 2.17. The van der Waals surface area contributed by atoms with Gasteiger partial charge in [0.1, 0.15) is 22.9 Å². The summed E-state index contributed by atoms with van der Waals surface area (Å²) in [6, 6.07) is 3.33. The van der Waals surface area contributed by atoms with Crippen molar-refractivity contribution in [2.24, 2.45) is 0 Å². The van der Waals surface area contributed by atoms with E-state index in [2.05, 4.69) is 10.3 Å². The van der Waals surface area contributed by atoms with Crippen LogP contribution in [-0.2, 0) is 6.42 Å². The summed E-state index contributed by atoms with van der Waals surface area (Å²) < 4.78 is 12.1. The molecule has 20 heavy (non-hydrogen) atoms. The first-order valence-corrected chi connectivity index (χ1v) is 6.35. The number of hydrogen-bond acceptors (Lipinski definition) is 5. The number of benzene rings is 1. The van der Waals surface area contributed by atoms with E-state index in [0.29, 0.717) is 46.3 Å². The molecule has 0 saturated carbocycles. The molecule has 0 fully saturated rings. The van der Waals surface area contributed by atoms with Crippen LogP contribution in [0.15, 0.2) is 12.1 Å². The summed E-state index contributed by atoms with van der Waals surface area (Å²) in [6.45, 7) is 1.92. The van der Waals surface area contributed by atoms with Gasteiger partial charge in [0.15, 0.2) is 6.29 Å². The predicted octanol–water partition coefficient (Wildman–Crippen LogP) is 2.31. The first-order chi connectivity index (χ1) is 9.65. The number of ether oxygens (including phenoxy) is 2. The maximum absolute atomic E-state index is 11.0. The van der Waals surface area contributed by atoms with E-state index in [1.165, 1.54) is 14.2 Å². The van der Waals surface area contributed by atoms with Crippen molar-refractivity contribution in [2.45, 2.75) is 13.3 Å². The molecule has 0 unspecified atom stereocenters. The molecule has 0 radical (unpaired) electrons. The molecule has 0 aliphatic heterocycles. The third-order valence-corrected chi connectivity index (χ3v) is 3.22. The Balaban J connectivity index is 2.67. The summed E-state index contributed by atoms with van der Waals surface area (Å²) in [5.41, 5.74) is 1.62. The summed E-state index contributed by atoms with van der Waals surface area (Å²) in [6.07, 6.45) is 1.29. The van der Waals surface area contributed by atoms with Crippen LogP contribution in [0.3, 0.4) is 0 Å². The van der Waals surface area contributed by atoms with Gasteiger partial charge in [0.05, 0.1) is 24.9 Å². The van der Waals surface area contributed by atoms with Crippen LogP contribution < -0.4 is 9.47 Å². The molecule has 0 aliphatic carbocycles. The normalized spacial score (nSPS) is 10.4. The standard InChI is InChI=1S/C13H14ClN3O3/c1-4-10-9(7-18)15-16-17(10)11-6-12(19-2)8(14)5-13(11)20-3/h5-7H,4H2,1-3H3. The number of rotatable bonds is 5. The predicted molar refractivity (Wildman–Crippen MR) is 74.2 cm³/mol. The van der Waals surface area contributed by atoms with E-state index < -0.39 is 0 Å². The third-order valence-electron chi connectivity index (χ3n) is 2.92. The fourth-order valence-corrected chi connectivity index (χ4v) is 2.17. The molecule has 0 amide bonds. The number of carbonyl (C=O) groups is 1. The Morgan fingerprint density at radius 1 is 1.30 bits per heavy atom. The minimum atomic E-state index is 0.309. The first-order valence-electron chi connectivity index (χ1n) is 5.97. The van der Waals surface area contributed by atoms with Crippen LogP contribution in [0.4, 0.5) is 0 Å². The molecule has 6 nitrogen and oxygen atoms in total. The Labute approximate surface area is 121 Å². The molecule has 0 atom stereocenters. The SMILES string of the molecule is CCc1c(C=O)nnn1-c1cc(OC)c(Cl)cc1OC. The Kier molecular flexibility index (Phi) is 4.24. The highest BCUT2D eigenvalue weighted by atomic mass is 35.5. The Morgan fingerprint density at radius 2 is 2.00 bits per heavy atom. The van der Waals surface area contributed by atoms with E-state index in [9.17, 15) is 4.79 Å². The zero-order chi connectivity index (χ0) is 14.7. The quantitative estimate of drug-likeness (QED) is 0.792. The molecule has 7 heteroatoms. The van der Waals surface area contributed by atoms with Crippen LogP contribution in [0.5, 0.6) is 11.5 Å². The monoisotopic (exact) mass is 295 g/mol. The van der Waals surface area contributed by atoms with Crippen molar-refractivity contribution in [3.8, 4) is 17.2 Å². The molecule has 0 bridgehead atoms. The van der Waals surface area contributed by atoms with E-state index in [-0.39, 0.29) is 0 Å². The number of nitrogens with zero attached hydrogens (tertiary/aromatic N) is 3. The van der Waals surface area contributed by atoms with Gasteiger partial charge >= 0.3 is 0 Å². The molecule has 0 spiro atoms. The number of hydrogen-bond donors (Lipinski definition) is 0. The lowest BCUT2D eigenvalue weighted by atomic mass is 10.2. The number of halogens is 1. The van der Waals surface area contributed by atoms with Crippen molar-refractivity contribution in [1.82, 2.24) is 15.0 Å². The number of methoxy groups -OCH3 is 2. The van der Waals surface area contributed by atoms with Gasteiger partial charge in [0, 0.05) is 12.1 Å². The fourth-order valence-electron chi connectivity index (χ4n) is 1.94.